The summed E-state index contributed by atoms with van der Waals surface area (Å²) < 4.78 is 40.0. The number of anilines is 2. The molecular formula is C32H31N3O6S. The Morgan fingerprint density at radius 1 is 0.833 bits per heavy atom. The molecule has 1 N–H and O–H groups in total. The Morgan fingerprint density at radius 2 is 1.45 bits per heavy atom. The lowest BCUT2D eigenvalue weighted by molar-refractivity contribution is 0.0303. The van der Waals surface area contributed by atoms with Gasteiger partial charge in [-0.25, -0.2) is 8.42 Å². The van der Waals surface area contributed by atoms with Crippen molar-refractivity contribution in [1.29, 1.82) is 0 Å². The smallest absolute Gasteiger partial charge is 0.264 e. The first-order valence-corrected chi connectivity index (χ1v) is 14.9. The molecule has 0 bridgehead atoms. The zero-order valence-electron chi connectivity index (χ0n) is 23.1. The molecule has 0 spiro atoms. The molecule has 0 atom stereocenters. The zero-order valence-corrected chi connectivity index (χ0v) is 23.9. The molecular weight excluding hydrogens is 554 g/mol. The van der Waals surface area contributed by atoms with Crippen molar-refractivity contribution in [2.24, 2.45) is 0 Å². The molecule has 9 nitrogen and oxygen atoms in total. The van der Waals surface area contributed by atoms with E-state index in [4.69, 9.17) is 9.47 Å². The highest BCUT2D eigenvalue weighted by atomic mass is 32.2. The van der Waals surface area contributed by atoms with Gasteiger partial charge in [0.1, 0.15) is 5.75 Å². The van der Waals surface area contributed by atoms with Crippen LogP contribution in [-0.2, 0) is 21.3 Å². The summed E-state index contributed by atoms with van der Waals surface area (Å²) >= 11 is 0. The van der Waals surface area contributed by atoms with Crippen molar-refractivity contribution >= 4 is 33.2 Å². The minimum atomic E-state index is -4.12. The molecule has 0 aliphatic carbocycles. The number of hydrogen-bond donors (Lipinski definition) is 1. The lowest BCUT2D eigenvalue weighted by Crippen LogP contribution is -2.41. The van der Waals surface area contributed by atoms with Gasteiger partial charge in [-0.1, -0.05) is 54.6 Å². The number of ether oxygens (including phenoxy) is 2. The Balaban J connectivity index is 1.51. The third kappa shape index (κ3) is 6.29. The second-order valence-electron chi connectivity index (χ2n) is 9.59. The Labute approximate surface area is 245 Å². The standard InChI is InChI=1S/C32H31N3O6S/c1-40-25-15-17-26(18-16-25)42(38,39)35(23-24-9-3-2-4-10-24)30-14-8-6-12-28(30)31(36)33-29-13-7-5-11-27(29)32(37)34-19-21-41-22-20-34/h2-18H,19-23H2,1H3,(H,33,36). The lowest BCUT2D eigenvalue weighted by atomic mass is 10.1. The Bertz CT molecular complexity index is 1650. The number of rotatable bonds is 9. The molecule has 4 aromatic carbocycles. The fourth-order valence-corrected chi connectivity index (χ4v) is 6.18. The van der Waals surface area contributed by atoms with Crippen molar-refractivity contribution in [2.45, 2.75) is 11.4 Å². The van der Waals surface area contributed by atoms with Gasteiger partial charge in [-0.3, -0.25) is 13.9 Å². The van der Waals surface area contributed by atoms with Gasteiger partial charge in [0.2, 0.25) is 0 Å². The van der Waals surface area contributed by atoms with E-state index in [0.29, 0.717) is 43.3 Å². The highest BCUT2D eigenvalue weighted by molar-refractivity contribution is 7.92. The van der Waals surface area contributed by atoms with Crippen LogP contribution in [0.1, 0.15) is 26.3 Å². The second kappa shape index (κ2) is 12.9. The Hall–Kier alpha value is -4.67. The molecule has 0 unspecified atom stereocenters. The maximum atomic E-state index is 14.1. The number of hydrogen-bond acceptors (Lipinski definition) is 6. The fraction of sp³-hybridized carbons (Fsp3) is 0.188. The summed E-state index contributed by atoms with van der Waals surface area (Å²) in [4.78, 5) is 28.8. The summed E-state index contributed by atoms with van der Waals surface area (Å²) in [5.74, 6) is -0.236. The molecule has 1 aliphatic heterocycles. The highest BCUT2D eigenvalue weighted by Gasteiger charge is 2.29. The molecule has 2 amide bonds. The number of carbonyl (C=O) groups is 2. The molecule has 0 saturated carbocycles. The van der Waals surface area contributed by atoms with Crippen LogP contribution in [0.3, 0.4) is 0 Å². The van der Waals surface area contributed by atoms with Crippen LogP contribution in [0.4, 0.5) is 11.4 Å². The van der Waals surface area contributed by atoms with Crippen molar-refractivity contribution in [2.75, 3.05) is 43.0 Å². The summed E-state index contributed by atoms with van der Waals surface area (Å²) in [5, 5.41) is 2.86. The molecule has 1 fully saturated rings. The number of nitrogens with one attached hydrogen (secondary N) is 1. The fourth-order valence-electron chi connectivity index (χ4n) is 4.71. The van der Waals surface area contributed by atoms with Crippen LogP contribution in [0.2, 0.25) is 0 Å². The average molecular weight is 586 g/mol. The van der Waals surface area contributed by atoms with Gasteiger partial charge in [-0.2, -0.15) is 0 Å². The average Bonchev–Trinajstić information content (AvgIpc) is 3.04. The van der Waals surface area contributed by atoms with Crippen LogP contribution in [0, 0.1) is 0 Å². The predicted molar refractivity (Wildman–Crippen MR) is 160 cm³/mol. The normalized spacial score (nSPS) is 13.3. The minimum absolute atomic E-state index is 0.00833. The van der Waals surface area contributed by atoms with E-state index in [0.717, 1.165) is 5.56 Å². The van der Waals surface area contributed by atoms with E-state index in [-0.39, 0.29) is 28.6 Å². The maximum absolute atomic E-state index is 14.1. The number of nitrogens with zero attached hydrogens (tertiary/aromatic N) is 2. The summed E-state index contributed by atoms with van der Waals surface area (Å²) in [6.45, 7) is 1.82. The molecule has 42 heavy (non-hydrogen) atoms. The van der Waals surface area contributed by atoms with Crippen LogP contribution >= 0.6 is 0 Å². The first-order valence-electron chi connectivity index (χ1n) is 13.5. The van der Waals surface area contributed by atoms with Gasteiger partial charge in [0, 0.05) is 13.1 Å². The van der Waals surface area contributed by atoms with E-state index in [1.165, 1.54) is 23.5 Å². The van der Waals surface area contributed by atoms with Gasteiger partial charge in [0.05, 0.1) is 54.3 Å². The monoisotopic (exact) mass is 585 g/mol. The van der Waals surface area contributed by atoms with Gasteiger partial charge < -0.3 is 19.7 Å². The van der Waals surface area contributed by atoms with Crippen LogP contribution in [0.15, 0.2) is 108 Å². The Morgan fingerprint density at radius 3 is 2.14 bits per heavy atom. The van der Waals surface area contributed by atoms with Crippen molar-refractivity contribution in [3.05, 3.63) is 120 Å². The van der Waals surface area contributed by atoms with Crippen LogP contribution in [0.5, 0.6) is 5.75 Å². The molecule has 1 heterocycles. The largest absolute Gasteiger partial charge is 0.497 e. The molecule has 4 aromatic rings. The molecule has 1 aliphatic rings. The van der Waals surface area contributed by atoms with E-state index in [1.807, 2.05) is 30.3 Å². The first-order chi connectivity index (χ1) is 20.4. The van der Waals surface area contributed by atoms with Gasteiger partial charge in [0.15, 0.2) is 0 Å². The topological polar surface area (TPSA) is 105 Å². The first kappa shape index (κ1) is 28.8. The molecule has 10 heteroatoms. The highest BCUT2D eigenvalue weighted by Crippen LogP contribution is 2.31. The third-order valence-corrected chi connectivity index (χ3v) is 8.71. The van der Waals surface area contributed by atoms with E-state index in [2.05, 4.69) is 5.32 Å². The quantitative estimate of drug-likeness (QED) is 0.302. The number of para-hydroxylation sites is 2. The molecule has 1 saturated heterocycles. The van der Waals surface area contributed by atoms with Gasteiger partial charge in [-0.05, 0) is 54.1 Å². The van der Waals surface area contributed by atoms with Crippen LogP contribution in [0.25, 0.3) is 0 Å². The summed E-state index contributed by atoms with van der Waals surface area (Å²) in [6, 6.07) is 28.6. The Kier molecular flexibility index (Phi) is 8.85. The van der Waals surface area contributed by atoms with Crippen LogP contribution < -0.4 is 14.4 Å². The number of amides is 2. The minimum Gasteiger partial charge on any atom is -0.497 e. The number of carbonyl (C=O) groups excluding carboxylic acids is 2. The van der Waals surface area contributed by atoms with Crippen molar-refractivity contribution < 1.29 is 27.5 Å². The molecule has 5 rings (SSSR count). The van der Waals surface area contributed by atoms with E-state index in [9.17, 15) is 18.0 Å². The van der Waals surface area contributed by atoms with Crippen molar-refractivity contribution in [1.82, 2.24) is 4.90 Å². The van der Waals surface area contributed by atoms with Crippen molar-refractivity contribution in [3.63, 3.8) is 0 Å². The van der Waals surface area contributed by atoms with Crippen LogP contribution in [-0.4, -0.2) is 58.5 Å². The van der Waals surface area contributed by atoms with Gasteiger partial charge in [-0.15, -0.1) is 0 Å². The summed E-state index contributed by atoms with van der Waals surface area (Å²) in [5.41, 5.74) is 1.76. The SMILES string of the molecule is COc1ccc(S(=O)(=O)N(Cc2ccccc2)c2ccccc2C(=O)Nc2ccccc2C(=O)N2CCOCC2)cc1. The van der Waals surface area contributed by atoms with Crippen molar-refractivity contribution in [3.8, 4) is 5.75 Å². The summed E-state index contributed by atoms with van der Waals surface area (Å²) in [7, 11) is -2.61. The maximum Gasteiger partial charge on any atom is 0.264 e. The van der Waals surface area contributed by atoms with Gasteiger partial charge in [0.25, 0.3) is 21.8 Å². The van der Waals surface area contributed by atoms with E-state index >= 15 is 0 Å². The number of benzene rings is 4. The third-order valence-electron chi connectivity index (χ3n) is 6.94. The lowest BCUT2D eigenvalue weighted by Gasteiger charge is -2.28. The summed E-state index contributed by atoms with van der Waals surface area (Å²) in [6.07, 6.45) is 0. The second-order valence-corrected chi connectivity index (χ2v) is 11.5. The number of morpholine rings is 1. The number of sulfonamides is 1. The van der Waals surface area contributed by atoms with Gasteiger partial charge >= 0.3 is 0 Å². The van der Waals surface area contributed by atoms with E-state index in [1.54, 1.807) is 65.6 Å². The molecule has 0 radical (unpaired) electrons. The van der Waals surface area contributed by atoms with E-state index < -0.39 is 15.9 Å². The molecule has 0 aromatic heterocycles. The number of methoxy groups -OCH3 is 1. The zero-order chi connectivity index (χ0) is 29.5. The predicted octanol–water partition coefficient (Wildman–Crippen LogP) is 4.82. The molecule has 216 valence electrons.